The smallest absolute Gasteiger partial charge is 0.325 e. The van der Waals surface area contributed by atoms with Gasteiger partial charge in [-0.25, -0.2) is 0 Å². The Balaban J connectivity index is 1.58. The van der Waals surface area contributed by atoms with E-state index >= 15 is 0 Å². The van der Waals surface area contributed by atoms with Gasteiger partial charge in [0.25, 0.3) is 0 Å². The first kappa shape index (κ1) is 18.4. The number of halogens is 1. The molecule has 2 rings (SSSR count). The number of rotatable bonds is 8. The summed E-state index contributed by atoms with van der Waals surface area (Å²) in [6.07, 6.45) is 0.333. The molecule has 0 aromatic heterocycles. The quantitative estimate of drug-likeness (QED) is 0.574. The minimum Gasteiger partial charge on any atom is -0.460 e. The molecule has 0 fully saturated rings. The van der Waals surface area contributed by atoms with Gasteiger partial charge in [0.15, 0.2) is 0 Å². The van der Waals surface area contributed by atoms with Crippen LogP contribution in [0.25, 0.3) is 0 Å². The summed E-state index contributed by atoms with van der Waals surface area (Å²) in [6.45, 7) is 0.0965. The molecule has 0 radical (unpaired) electrons. The zero-order valence-electron chi connectivity index (χ0n) is 13.0. The minimum atomic E-state index is -0.447. The van der Waals surface area contributed by atoms with Crippen molar-refractivity contribution in [3.8, 4) is 0 Å². The van der Waals surface area contributed by atoms with Crippen LogP contribution in [0.4, 0.5) is 0 Å². The lowest BCUT2D eigenvalue weighted by Crippen LogP contribution is -2.30. The summed E-state index contributed by atoms with van der Waals surface area (Å²) in [5.41, 5.74) is 0.913. The van der Waals surface area contributed by atoms with Gasteiger partial charge < -0.3 is 10.1 Å². The van der Waals surface area contributed by atoms with Gasteiger partial charge in [0.2, 0.25) is 5.91 Å². The molecule has 0 bridgehead atoms. The van der Waals surface area contributed by atoms with Gasteiger partial charge in [-0.2, -0.15) is 0 Å². The van der Waals surface area contributed by atoms with Crippen molar-refractivity contribution >= 4 is 35.2 Å². The summed E-state index contributed by atoms with van der Waals surface area (Å²) in [5, 5.41) is 3.25. The standard InChI is InChI=1S/C18H18ClNO3S/c19-15-6-8-16(9-7-15)24-11-10-17(21)20-12-18(22)23-13-14-4-2-1-3-5-14/h1-9H,10-13H2,(H,20,21). The zero-order valence-corrected chi connectivity index (χ0v) is 14.6. The van der Waals surface area contributed by atoms with Crippen molar-refractivity contribution in [2.24, 2.45) is 0 Å². The van der Waals surface area contributed by atoms with Gasteiger partial charge in [-0.15, -0.1) is 11.8 Å². The Bertz CT molecular complexity index is 662. The van der Waals surface area contributed by atoms with Gasteiger partial charge >= 0.3 is 5.97 Å². The molecule has 0 saturated heterocycles. The van der Waals surface area contributed by atoms with Gasteiger partial charge in [0, 0.05) is 22.1 Å². The molecule has 0 aliphatic carbocycles. The maximum Gasteiger partial charge on any atom is 0.325 e. The maximum atomic E-state index is 11.7. The van der Waals surface area contributed by atoms with Crippen LogP contribution in [-0.4, -0.2) is 24.2 Å². The SMILES string of the molecule is O=C(CCSc1ccc(Cl)cc1)NCC(=O)OCc1ccccc1. The predicted octanol–water partition coefficient (Wildman–Crippen LogP) is 3.68. The van der Waals surface area contributed by atoms with Crippen LogP contribution in [-0.2, 0) is 20.9 Å². The van der Waals surface area contributed by atoms with Gasteiger partial charge in [-0.1, -0.05) is 41.9 Å². The Morgan fingerprint density at radius 2 is 1.75 bits per heavy atom. The van der Waals surface area contributed by atoms with Crippen molar-refractivity contribution in [2.75, 3.05) is 12.3 Å². The second-order valence-corrected chi connectivity index (χ2v) is 6.58. The van der Waals surface area contributed by atoms with Crippen molar-refractivity contribution < 1.29 is 14.3 Å². The third kappa shape index (κ3) is 7.06. The Morgan fingerprint density at radius 3 is 2.46 bits per heavy atom. The molecule has 0 aliphatic rings. The molecule has 6 heteroatoms. The normalized spacial score (nSPS) is 10.2. The molecule has 1 N–H and O–H groups in total. The Labute approximate surface area is 150 Å². The van der Waals surface area contributed by atoms with E-state index in [1.165, 1.54) is 0 Å². The van der Waals surface area contributed by atoms with Gasteiger partial charge in [-0.05, 0) is 29.8 Å². The molecule has 0 heterocycles. The Hall–Kier alpha value is -1.98. The van der Waals surface area contributed by atoms with Crippen molar-refractivity contribution in [2.45, 2.75) is 17.9 Å². The molecule has 2 aromatic carbocycles. The van der Waals surface area contributed by atoms with E-state index in [2.05, 4.69) is 5.32 Å². The highest BCUT2D eigenvalue weighted by Gasteiger charge is 2.07. The fraction of sp³-hybridized carbons (Fsp3) is 0.222. The van der Waals surface area contributed by atoms with Gasteiger partial charge in [0.05, 0.1) is 0 Å². The van der Waals surface area contributed by atoms with Crippen molar-refractivity contribution in [1.29, 1.82) is 0 Å². The van der Waals surface area contributed by atoms with Crippen LogP contribution >= 0.6 is 23.4 Å². The zero-order chi connectivity index (χ0) is 17.2. The molecule has 0 atom stereocenters. The molecule has 126 valence electrons. The summed E-state index contributed by atoms with van der Waals surface area (Å²) in [6, 6.07) is 16.8. The minimum absolute atomic E-state index is 0.114. The fourth-order valence-electron chi connectivity index (χ4n) is 1.84. The highest BCUT2D eigenvalue weighted by atomic mass is 35.5. The monoisotopic (exact) mass is 363 g/mol. The highest BCUT2D eigenvalue weighted by molar-refractivity contribution is 7.99. The maximum absolute atomic E-state index is 11.7. The van der Waals surface area contributed by atoms with Gasteiger partial charge in [-0.3, -0.25) is 9.59 Å². The summed E-state index contributed by atoms with van der Waals surface area (Å²) in [4.78, 5) is 24.4. The second kappa shape index (κ2) is 10.0. The molecule has 0 unspecified atom stereocenters. The summed E-state index contributed by atoms with van der Waals surface area (Å²) < 4.78 is 5.09. The number of hydrogen-bond donors (Lipinski definition) is 1. The van der Waals surface area contributed by atoms with Crippen molar-refractivity contribution in [3.05, 3.63) is 65.2 Å². The van der Waals surface area contributed by atoms with Crippen LogP contribution in [0.1, 0.15) is 12.0 Å². The molecular weight excluding hydrogens is 346 g/mol. The average Bonchev–Trinajstić information content (AvgIpc) is 2.61. The van der Waals surface area contributed by atoms with Crippen LogP contribution in [0.5, 0.6) is 0 Å². The highest BCUT2D eigenvalue weighted by Crippen LogP contribution is 2.20. The van der Waals surface area contributed by atoms with E-state index in [1.807, 2.05) is 54.6 Å². The van der Waals surface area contributed by atoms with Crippen molar-refractivity contribution in [1.82, 2.24) is 5.32 Å². The number of esters is 1. The number of carbonyl (C=O) groups excluding carboxylic acids is 2. The lowest BCUT2D eigenvalue weighted by molar-refractivity contribution is -0.145. The van der Waals surface area contributed by atoms with Crippen LogP contribution < -0.4 is 5.32 Å². The molecule has 0 saturated carbocycles. The Kier molecular flexibility index (Phi) is 7.65. The molecular formula is C18H18ClNO3S. The second-order valence-electron chi connectivity index (χ2n) is 4.98. The van der Waals surface area contributed by atoms with Gasteiger partial charge in [0.1, 0.15) is 13.2 Å². The van der Waals surface area contributed by atoms with Crippen LogP contribution in [0, 0.1) is 0 Å². The lowest BCUT2D eigenvalue weighted by Gasteiger charge is -2.07. The van der Waals surface area contributed by atoms with E-state index in [-0.39, 0.29) is 19.1 Å². The van der Waals surface area contributed by atoms with Crippen LogP contribution in [0.2, 0.25) is 5.02 Å². The Morgan fingerprint density at radius 1 is 1.04 bits per heavy atom. The molecule has 4 nitrogen and oxygen atoms in total. The van der Waals surface area contributed by atoms with E-state index in [0.29, 0.717) is 17.2 Å². The number of ether oxygens (including phenoxy) is 1. The number of benzene rings is 2. The fourth-order valence-corrected chi connectivity index (χ4v) is 2.82. The predicted molar refractivity (Wildman–Crippen MR) is 96.0 cm³/mol. The molecule has 2 aromatic rings. The number of carbonyl (C=O) groups is 2. The number of hydrogen-bond acceptors (Lipinski definition) is 4. The van der Waals surface area contributed by atoms with E-state index in [0.717, 1.165) is 10.5 Å². The lowest BCUT2D eigenvalue weighted by atomic mass is 10.2. The van der Waals surface area contributed by atoms with Crippen molar-refractivity contribution in [3.63, 3.8) is 0 Å². The van der Waals surface area contributed by atoms with E-state index in [1.54, 1.807) is 11.8 Å². The first-order chi connectivity index (χ1) is 11.6. The van der Waals surface area contributed by atoms with E-state index in [9.17, 15) is 9.59 Å². The topological polar surface area (TPSA) is 55.4 Å². The molecule has 1 amide bonds. The number of thioether (sulfide) groups is 1. The third-order valence-electron chi connectivity index (χ3n) is 3.08. The van der Waals surface area contributed by atoms with E-state index < -0.39 is 5.97 Å². The number of amides is 1. The molecule has 0 spiro atoms. The van der Waals surface area contributed by atoms with E-state index in [4.69, 9.17) is 16.3 Å². The first-order valence-corrected chi connectivity index (χ1v) is 8.84. The largest absolute Gasteiger partial charge is 0.460 e. The third-order valence-corrected chi connectivity index (χ3v) is 4.35. The summed E-state index contributed by atoms with van der Waals surface area (Å²) in [7, 11) is 0. The van der Waals surface area contributed by atoms with Crippen LogP contribution in [0.3, 0.4) is 0 Å². The molecule has 24 heavy (non-hydrogen) atoms. The number of nitrogens with one attached hydrogen (secondary N) is 1. The summed E-state index contributed by atoms with van der Waals surface area (Å²) in [5.74, 6) is 0.0117. The average molecular weight is 364 g/mol. The van der Waals surface area contributed by atoms with Crippen LogP contribution in [0.15, 0.2) is 59.5 Å². The first-order valence-electron chi connectivity index (χ1n) is 7.48. The summed E-state index contributed by atoms with van der Waals surface area (Å²) >= 11 is 7.38. The molecule has 0 aliphatic heterocycles.